The normalized spacial score (nSPS) is 11.1. The molecule has 2 heterocycles. The van der Waals surface area contributed by atoms with E-state index in [4.69, 9.17) is 14.0 Å². The lowest BCUT2D eigenvalue weighted by atomic mass is 10.2. The van der Waals surface area contributed by atoms with Crippen LogP contribution in [-0.4, -0.2) is 27.5 Å². The zero-order chi connectivity index (χ0) is 25.8. The predicted molar refractivity (Wildman–Crippen MR) is 137 cm³/mol. The number of aromatic nitrogens is 3. The van der Waals surface area contributed by atoms with E-state index in [1.54, 1.807) is 44.0 Å². The largest absolute Gasteiger partial charge is 0.493 e. The van der Waals surface area contributed by atoms with Crippen LogP contribution in [0.25, 0.3) is 11.8 Å². The van der Waals surface area contributed by atoms with Crippen LogP contribution in [0.5, 0.6) is 11.5 Å². The number of benzene rings is 2. The van der Waals surface area contributed by atoms with Crippen molar-refractivity contribution in [2.45, 2.75) is 27.4 Å². The molecule has 9 heteroatoms. The number of nitrogens with zero attached hydrogens (tertiary/aromatic N) is 3. The number of amides is 1. The summed E-state index contributed by atoms with van der Waals surface area (Å²) in [4.78, 5) is 25.6. The molecule has 1 N–H and O–H groups in total. The first-order valence-corrected chi connectivity index (χ1v) is 11.4. The molecule has 0 aliphatic carbocycles. The monoisotopic (exact) mass is 488 g/mol. The van der Waals surface area contributed by atoms with Gasteiger partial charge in [-0.2, -0.15) is 0 Å². The Hall–Kier alpha value is -4.53. The van der Waals surface area contributed by atoms with Gasteiger partial charge >= 0.3 is 0 Å². The van der Waals surface area contributed by atoms with Crippen LogP contribution in [0.4, 0.5) is 5.69 Å². The summed E-state index contributed by atoms with van der Waals surface area (Å²) >= 11 is 0. The van der Waals surface area contributed by atoms with Gasteiger partial charge in [-0.05, 0) is 56.7 Å². The number of ether oxygens (including phenoxy) is 2. The van der Waals surface area contributed by atoms with Gasteiger partial charge in [0, 0.05) is 13.1 Å². The number of carbonyl (C=O) groups is 1. The molecule has 0 saturated carbocycles. The molecule has 2 aromatic heterocycles. The Morgan fingerprint density at radius 2 is 1.86 bits per heavy atom. The van der Waals surface area contributed by atoms with E-state index in [9.17, 15) is 9.59 Å². The van der Waals surface area contributed by atoms with Gasteiger partial charge in [-0.15, -0.1) is 0 Å². The standard InChI is InChI=1S/C27H28N4O5/c1-17-22(19(3)36-29-17)16-35-23-13-11-20(15-24(23)34-5)12-14-25(32)28-26-18(2)30(4)31(27(26)33)21-9-7-6-8-10-21/h6-15H,16H2,1-5H3,(H,28,32)/b14-12+. The summed E-state index contributed by atoms with van der Waals surface area (Å²) in [6.07, 6.45) is 3.02. The first-order valence-electron chi connectivity index (χ1n) is 11.4. The van der Waals surface area contributed by atoms with E-state index >= 15 is 0 Å². The maximum absolute atomic E-state index is 13.0. The number of rotatable bonds is 8. The minimum absolute atomic E-state index is 0.233. The lowest BCUT2D eigenvalue weighted by Gasteiger charge is -2.11. The summed E-state index contributed by atoms with van der Waals surface area (Å²) in [5.41, 5.74) is 3.70. The van der Waals surface area contributed by atoms with Crippen molar-refractivity contribution in [3.05, 3.63) is 93.2 Å². The summed E-state index contributed by atoms with van der Waals surface area (Å²) in [5, 5.41) is 6.65. The molecule has 186 valence electrons. The highest BCUT2D eigenvalue weighted by Gasteiger charge is 2.17. The van der Waals surface area contributed by atoms with E-state index < -0.39 is 5.91 Å². The molecule has 4 aromatic rings. The van der Waals surface area contributed by atoms with Gasteiger partial charge in [0.25, 0.3) is 5.56 Å². The molecule has 0 atom stereocenters. The Labute approximate surface area is 208 Å². The van der Waals surface area contributed by atoms with Crippen molar-refractivity contribution in [1.29, 1.82) is 0 Å². The number of para-hydroxylation sites is 1. The number of nitrogens with one attached hydrogen (secondary N) is 1. The van der Waals surface area contributed by atoms with E-state index in [-0.39, 0.29) is 11.2 Å². The molecule has 0 unspecified atom stereocenters. The zero-order valence-corrected chi connectivity index (χ0v) is 20.9. The number of methoxy groups -OCH3 is 1. The van der Waals surface area contributed by atoms with E-state index in [0.29, 0.717) is 35.2 Å². The predicted octanol–water partition coefficient (Wildman–Crippen LogP) is 4.33. The van der Waals surface area contributed by atoms with Crippen molar-refractivity contribution >= 4 is 17.7 Å². The van der Waals surface area contributed by atoms with E-state index in [1.807, 2.05) is 50.2 Å². The molecule has 2 aromatic carbocycles. The van der Waals surface area contributed by atoms with E-state index in [1.165, 1.54) is 10.8 Å². The fourth-order valence-corrected chi connectivity index (χ4v) is 3.81. The summed E-state index contributed by atoms with van der Waals surface area (Å²) in [7, 11) is 3.32. The van der Waals surface area contributed by atoms with Crippen LogP contribution < -0.4 is 20.3 Å². The van der Waals surface area contributed by atoms with Gasteiger partial charge in [-0.25, -0.2) is 4.68 Å². The highest BCUT2D eigenvalue weighted by atomic mass is 16.5. The van der Waals surface area contributed by atoms with Crippen molar-refractivity contribution in [3.8, 4) is 17.2 Å². The second-order valence-corrected chi connectivity index (χ2v) is 8.26. The van der Waals surface area contributed by atoms with E-state index in [0.717, 1.165) is 16.8 Å². The number of hydrogen-bond acceptors (Lipinski definition) is 6. The molecule has 0 aliphatic rings. The van der Waals surface area contributed by atoms with Crippen LogP contribution >= 0.6 is 0 Å². The molecule has 0 aliphatic heterocycles. The average Bonchev–Trinajstić information content (AvgIpc) is 3.31. The van der Waals surface area contributed by atoms with Gasteiger partial charge in [-0.3, -0.25) is 14.3 Å². The van der Waals surface area contributed by atoms with Crippen molar-refractivity contribution in [2.75, 3.05) is 12.4 Å². The van der Waals surface area contributed by atoms with Crippen LogP contribution in [0.2, 0.25) is 0 Å². The average molecular weight is 489 g/mol. The molecule has 0 bridgehead atoms. The fraction of sp³-hybridized carbons (Fsp3) is 0.222. The fourth-order valence-electron chi connectivity index (χ4n) is 3.81. The summed E-state index contributed by atoms with van der Waals surface area (Å²) < 4.78 is 19.8. The van der Waals surface area contributed by atoms with Crippen molar-refractivity contribution in [3.63, 3.8) is 0 Å². The topological polar surface area (TPSA) is 101 Å². The van der Waals surface area contributed by atoms with Crippen LogP contribution in [0, 0.1) is 20.8 Å². The van der Waals surface area contributed by atoms with Crippen LogP contribution in [0.1, 0.15) is 28.3 Å². The zero-order valence-electron chi connectivity index (χ0n) is 20.9. The lowest BCUT2D eigenvalue weighted by Crippen LogP contribution is -2.22. The Morgan fingerprint density at radius 1 is 1.11 bits per heavy atom. The van der Waals surface area contributed by atoms with Crippen molar-refractivity contribution in [2.24, 2.45) is 7.05 Å². The van der Waals surface area contributed by atoms with Gasteiger partial charge in [0.05, 0.1) is 29.7 Å². The summed E-state index contributed by atoms with van der Waals surface area (Å²) in [6.45, 7) is 5.78. The number of aryl methyl sites for hydroxylation is 2. The second-order valence-electron chi connectivity index (χ2n) is 8.26. The van der Waals surface area contributed by atoms with Crippen LogP contribution in [0.3, 0.4) is 0 Å². The smallest absolute Gasteiger partial charge is 0.295 e. The minimum atomic E-state index is -0.418. The first kappa shape index (κ1) is 24.6. The van der Waals surface area contributed by atoms with Gasteiger partial charge in [0.15, 0.2) is 11.5 Å². The Bertz CT molecular complexity index is 1460. The lowest BCUT2D eigenvalue weighted by molar-refractivity contribution is -0.111. The quantitative estimate of drug-likeness (QED) is 0.371. The third-order valence-corrected chi connectivity index (χ3v) is 5.97. The van der Waals surface area contributed by atoms with Gasteiger partial charge in [0.2, 0.25) is 5.91 Å². The molecule has 9 nitrogen and oxygen atoms in total. The number of carbonyl (C=O) groups excluding carboxylic acids is 1. The Morgan fingerprint density at radius 3 is 2.53 bits per heavy atom. The van der Waals surface area contributed by atoms with Crippen LogP contribution in [0.15, 0.2) is 63.9 Å². The third-order valence-electron chi connectivity index (χ3n) is 5.97. The summed E-state index contributed by atoms with van der Waals surface area (Å²) in [6, 6.07) is 14.6. The Balaban J connectivity index is 1.48. The molecule has 36 heavy (non-hydrogen) atoms. The third kappa shape index (κ3) is 4.95. The van der Waals surface area contributed by atoms with Gasteiger partial charge in [-0.1, -0.05) is 29.4 Å². The maximum Gasteiger partial charge on any atom is 0.295 e. The maximum atomic E-state index is 13.0. The SMILES string of the molecule is COc1cc(/C=C/C(=O)Nc2c(C)n(C)n(-c3ccccc3)c2=O)ccc1OCc1c(C)noc1C. The highest BCUT2D eigenvalue weighted by molar-refractivity contribution is 6.02. The number of anilines is 1. The highest BCUT2D eigenvalue weighted by Crippen LogP contribution is 2.30. The first-order chi connectivity index (χ1) is 17.3. The second kappa shape index (κ2) is 10.4. The van der Waals surface area contributed by atoms with Gasteiger partial charge < -0.3 is 19.3 Å². The molecule has 4 rings (SSSR count). The molecule has 0 spiro atoms. The van der Waals surface area contributed by atoms with Crippen molar-refractivity contribution in [1.82, 2.24) is 14.5 Å². The molecule has 0 fully saturated rings. The molecular formula is C27H28N4O5. The van der Waals surface area contributed by atoms with Crippen molar-refractivity contribution < 1.29 is 18.8 Å². The molecule has 0 radical (unpaired) electrons. The van der Waals surface area contributed by atoms with Gasteiger partial charge in [0.1, 0.15) is 18.1 Å². The minimum Gasteiger partial charge on any atom is -0.493 e. The Kier molecular flexibility index (Phi) is 7.10. The number of hydrogen-bond donors (Lipinski definition) is 1. The molecular weight excluding hydrogens is 460 g/mol. The molecule has 0 saturated heterocycles. The van der Waals surface area contributed by atoms with Crippen LogP contribution in [-0.2, 0) is 18.4 Å². The summed E-state index contributed by atoms with van der Waals surface area (Å²) in [5.74, 6) is 1.37. The molecule has 1 amide bonds. The van der Waals surface area contributed by atoms with E-state index in [2.05, 4.69) is 10.5 Å².